The molecular formula is C13H14ClN3S. The van der Waals surface area contributed by atoms with Crippen LogP contribution in [0.15, 0.2) is 41.4 Å². The fourth-order valence-electron chi connectivity index (χ4n) is 1.47. The minimum atomic E-state index is 0.244. The summed E-state index contributed by atoms with van der Waals surface area (Å²) < 4.78 is 0. The molecule has 18 heavy (non-hydrogen) atoms. The van der Waals surface area contributed by atoms with Crippen molar-refractivity contribution in [3.63, 3.8) is 0 Å². The number of hydrogen-bond donors (Lipinski definition) is 1. The van der Waals surface area contributed by atoms with Crippen molar-refractivity contribution < 1.29 is 0 Å². The minimum absolute atomic E-state index is 0.244. The summed E-state index contributed by atoms with van der Waals surface area (Å²) in [5.74, 6) is 0.701. The van der Waals surface area contributed by atoms with Gasteiger partial charge in [-0.1, -0.05) is 26.0 Å². The van der Waals surface area contributed by atoms with Crippen molar-refractivity contribution >= 4 is 34.9 Å². The van der Waals surface area contributed by atoms with E-state index in [9.17, 15) is 0 Å². The van der Waals surface area contributed by atoms with Gasteiger partial charge in [0.05, 0.1) is 5.69 Å². The molecule has 1 aromatic carbocycles. The molecule has 0 radical (unpaired) electrons. The smallest absolute Gasteiger partial charge is 0.224 e. The topological polar surface area (TPSA) is 37.8 Å². The van der Waals surface area contributed by atoms with Gasteiger partial charge in [-0.3, -0.25) is 0 Å². The summed E-state index contributed by atoms with van der Waals surface area (Å²) in [6.07, 6.45) is 1.63. The van der Waals surface area contributed by atoms with E-state index >= 15 is 0 Å². The van der Waals surface area contributed by atoms with Gasteiger partial charge in [0.15, 0.2) is 0 Å². The minimum Gasteiger partial charge on any atom is -0.339 e. The highest BCUT2D eigenvalue weighted by Gasteiger charge is 2.06. The first-order chi connectivity index (χ1) is 8.65. The number of thioether (sulfide) groups is 1. The van der Waals surface area contributed by atoms with Crippen molar-refractivity contribution in [2.75, 3.05) is 5.32 Å². The summed E-state index contributed by atoms with van der Waals surface area (Å²) in [5.41, 5.74) is 1.03. The van der Waals surface area contributed by atoms with E-state index in [1.165, 1.54) is 4.90 Å². The Morgan fingerprint density at radius 1 is 1.22 bits per heavy atom. The normalized spacial score (nSPS) is 10.7. The lowest BCUT2D eigenvalue weighted by Gasteiger charge is -2.12. The molecule has 5 heteroatoms. The molecule has 0 unspecified atom stereocenters. The maximum Gasteiger partial charge on any atom is 0.224 e. The number of nitrogens with one attached hydrogen (secondary N) is 1. The lowest BCUT2D eigenvalue weighted by molar-refractivity contribution is 1.11. The maximum absolute atomic E-state index is 5.77. The quantitative estimate of drug-likeness (QED) is 0.666. The highest BCUT2D eigenvalue weighted by molar-refractivity contribution is 8.00. The standard InChI is InChI=1S/C13H14ClN3S/c1-9(2)18-11-6-4-3-5-10(11)16-12-7-8-15-13(14)17-12/h3-9H,1-2H3,(H,15,16,17). The van der Waals surface area contributed by atoms with Crippen LogP contribution in [0.1, 0.15) is 13.8 Å². The summed E-state index contributed by atoms with van der Waals surface area (Å²) in [6, 6.07) is 9.94. The van der Waals surface area contributed by atoms with Gasteiger partial charge in [-0.25, -0.2) is 9.97 Å². The zero-order valence-electron chi connectivity index (χ0n) is 10.2. The van der Waals surface area contributed by atoms with Gasteiger partial charge in [-0.05, 0) is 29.8 Å². The molecule has 0 atom stereocenters. The Labute approximate surface area is 116 Å². The molecule has 0 fully saturated rings. The molecule has 0 saturated heterocycles. The second-order valence-electron chi connectivity index (χ2n) is 4.00. The summed E-state index contributed by atoms with van der Waals surface area (Å²) in [5, 5.41) is 4.04. The van der Waals surface area contributed by atoms with Gasteiger partial charge in [-0.2, -0.15) is 0 Å². The second kappa shape index (κ2) is 6.07. The number of anilines is 2. The van der Waals surface area contributed by atoms with Crippen LogP contribution in [0.5, 0.6) is 0 Å². The van der Waals surface area contributed by atoms with Crippen molar-refractivity contribution in [3.8, 4) is 0 Å². The monoisotopic (exact) mass is 279 g/mol. The van der Waals surface area contributed by atoms with E-state index in [1.807, 2.05) is 30.0 Å². The second-order valence-corrected chi connectivity index (χ2v) is 5.96. The van der Waals surface area contributed by atoms with Gasteiger partial charge in [0.25, 0.3) is 0 Å². The Bertz CT molecular complexity index is 531. The van der Waals surface area contributed by atoms with Crippen molar-refractivity contribution in [2.45, 2.75) is 24.0 Å². The highest BCUT2D eigenvalue weighted by Crippen LogP contribution is 2.31. The average Bonchev–Trinajstić information content (AvgIpc) is 2.31. The Morgan fingerprint density at radius 2 is 2.00 bits per heavy atom. The summed E-state index contributed by atoms with van der Waals surface area (Å²) in [6.45, 7) is 4.34. The number of para-hydroxylation sites is 1. The molecule has 2 aromatic rings. The molecule has 0 spiro atoms. The van der Waals surface area contributed by atoms with E-state index in [2.05, 4.69) is 35.2 Å². The molecule has 94 valence electrons. The molecule has 1 aromatic heterocycles. The number of benzene rings is 1. The number of aromatic nitrogens is 2. The third-order valence-electron chi connectivity index (χ3n) is 2.14. The SMILES string of the molecule is CC(C)Sc1ccccc1Nc1ccnc(Cl)n1. The lowest BCUT2D eigenvalue weighted by atomic mass is 10.3. The van der Waals surface area contributed by atoms with Gasteiger partial charge >= 0.3 is 0 Å². The van der Waals surface area contributed by atoms with Crippen LogP contribution in [0.2, 0.25) is 5.28 Å². The molecular weight excluding hydrogens is 266 g/mol. The van der Waals surface area contributed by atoms with Gasteiger partial charge in [0, 0.05) is 16.3 Å². The maximum atomic E-state index is 5.77. The predicted octanol–water partition coefficient (Wildman–Crippen LogP) is 4.37. The Hall–Kier alpha value is -1.26. The average molecular weight is 280 g/mol. The fourth-order valence-corrected chi connectivity index (χ4v) is 2.53. The van der Waals surface area contributed by atoms with Crippen molar-refractivity contribution in [2.24, 2.45) is 0 Å². The van der Waals surface area contributed by atoms with Crippen LogP contribution >= 0.6 is 23.4 Å². The van der Waals surface area contributed by atoms with Crippen LogP contribution in [0.4, 0.5) is 11.5 Å². The van der Waals surface area contributed by atoms with Gasteiger partial charge in [0.2, 0.25) is 5.28 Å². The number of halogens is 1. The zero-order valence-corrected chi connectivity index (χ0v) is 11.8. The van der Waals surface area contributed by atoms with Crippen LogP contribution in [0, 0.1) is 0 Å². The molecule has 3 nitrogen and oxygen atoms in total. The van der Waals surface area contributed by atoms with Crippen molar-refractivity contribution in [1.82, 2.24) is 9.97 Å². The van der Waals surface area contributed by atoms with Gasteiger partial charge in [-0.15, -0.1) is 11.8 Å². The highest BCUT2D eigenvalue weighted by atomic mass is 35.5. The summed E-state index contributed by atoms with van der Waals surface area (Å²) >= 11 is 7.58. The number of rotatable bonds is 4. The van der Waals surface area contributed by atoms with E-state index in [0.29, 0.717) is 11.1 Å². The van der Waals surface area contributed by atoms with Crippen molar-refractivity contribution in [3.05, 3.63) is 41.8 Å². The van der Waals surface area contributed by atoms with Crippen LogP contribution in [0.25, 0.3) is 0 Å². The van der Waals surface area contributed by atoms with Crippen molar-refractivity contribution in [1.29, 1.82) is 0 Å². The van der Waals surface area contributed by atoms with Crippen LogP contribution < -0.4 is 5.32 Å². The summed E-state index contributed by atoms with van der Waals surface area (Å²) in [4.78, 5) is 9.18. The molecule has 0 saturated carbocycles. The molecule has 0 aliphatic heterocycles. The molecule has 0 amide bonds. The van der Waals surface area contributed by atoms with Gasteiger partial charge < -0.3 is 5.32 Å². The molecule has 1 heterocycles. The van der Waals surface area contributed by atoms with E-state index in [1.54, 1.807) is 12.3 Å². The third kappa shape index (κ3) is 3.62. The van der Waals surface area contributed by atoms with Crippen LogP contribution in [-0.4, -0.2) is 15.2 Å². The van der Waals surface area contributed by atoms with Gasteiger partial charge in [0.1, 0.15) is 5.82 Å². The Balaban J connectivity index is 2.23. The number of hydrogen-bond acceptors (Lipinski definition) is 4. The van der Waals surface area contributed by atoms with E-state index in [0.717, 1.165) is 5.69 Å². The summed E-state index contributed by atoms with van der Waals surface area (Å²) in [7, 11) is 0. The van der Waals surface area contributed by atoms with E-state index < -0.39 is 0 Å². The molecule has 0 aliphatic carbocycles. The van der Waals surface area contributed by atoms with Crippen LogP contribution in [0.3, 0.4) is 0 Å². The first-order valence-electron chi connectivity index (χ1n) is 5.66. The Morgan fingerprint density at radius 3 is 2.72 bits per heavy atom. The van der Waals surface area contributed by atoms with E-state index in [4.69, 9.17) is 11.6 Å². The fraction of sp³-hybridized carbons (Fsp3) is 0.231. The molecule has 0 aliphatic rings. The Kier molecular flexibility index (Phi) is 4.44. The third-order valence-corrected chi connectivity index (χ3v) is 3.40. The first-order valence-corrected chi connectivity index (χ1v) is 6.92. The zero-order chi connectivity index (χ0) is 13.0. The molecule has 2 rings (SSSR count). The number of nitrogens with zero attached hydrogens (tertiary/aromatic N) is 2. The molecule has 0 bridgehead atoms. The van der Waals surface area contributed by atoms with E-state index in [-0.39, 0.29) is 5.28 Å². The lowest BCUT2D eigenvalue weighted by Crippen LogP contribution is -1.97. The molecule has 1 N–H and O–H groups in total. The first kappa shape index (κ1) is 13.2. The largest absolute Gasteiger partial charge is 0.339 e. The van der Waals surface area contributed by atoms with Crippen LogP contribution in [-0.2, 0) is 0 Å². The predicted molar refractivity (Wildman–Crippen MR) is 77.8 cm³/mol.